The Bertz CT molecular complexity index is 739. The number of nitrogens with one attached hydrogen (secondary N) is 1. The molecule has 108 valence electrons. The van der Waals surface area contributed by atoms with Crippen molar-refractivity contribution in [1.82, 2.24) is 0 Å². The van der Waals surface area contributed by atoms with Crippen molar-refractivity contribution in [3.05, 3.63) is 65.1 Å². The first-order valence-electron chi connectivity index (χ1n) is 5.59. The molecule has 1 amide bonds. The van der Waals surface area contributed by atoms with E-state index in [4.69, 9.17) is 11.6 Å². The van der Waals surface area contributed by atoms with Crippen LogP contribution in [0.1, 0.15) is 10.4 Å². The first kappa shape index (κ1) is 16.2. The number of nitro benzene ring substituents is 1. The molecule has 0 saturated carbocycles. The molecule has 8 heteroatoms. The summed E-state index contributed by atoms with van der Waals surface area (Å²) in [7, 11) is 0. The summed E-state index contributed by atoms with van der Waals surface area (Å²) in [6, 6.07) is 9.10. The Kier molecular flexibility index (Phi) is 5.17. The maximum absolute atomic E-state index is 12.2. The van der Waals surface area contributed by atoms with Crippen molar-refractivity contribution < 1.29 is 9.72 Å². The summed E-state index contributed by atoms with van der Waals surface area (Å²) < 4.78 is 1.72. The third-order valence-corrected chi connectivity index (χ3v) is 4.30. The van der Waals surface area contributed by atoms with E-state index in [0.717, 1.165) is 14.1 Å². The maximum Gasteiger partial charge on any atom is 0.270 e. The SMILES string of the molecule is O=C(Nc1ccc(Br)cc1I)c1cc([N+](=O)[O-])ccc1Cl. The second kappa shape index (κ2) is 6.71. The van der Waals surface area contributed by atoms with Gasteiger partial charge in [-0.2, -0.15) is 0 Å². The van der Waals surface area contributed by atoms with Crippen LogP contribution in [0.3, 0.4) is 0 Å². The van der Waals surface area contributed by atoms with E-state index in [9.17, 15) is 14.9 Å². The fourth-order valence-corrected chi connectivity index (χ4v) is 3.22. The van der Waals surface area contributed by atoms with Gasteiger partial charge in [0.25, 0.3) is 11.6 Å². The molecule has 0 atom stereocenters. The zero-order chi connectivity index (χ0) is 15.6. The highest BCUT2D eigenvalue weighted by Gasteiger charge is 2.16. The first-order valence-corrected chi connectivity index (χ1v) is 7.84. The minimum absolute atomic E-state index is 0.0598. The molecule has 0 aliphatic carbocycles. The zero-order valence-corrected chi connectivity index (χ0v) is 14.8. The van der Waals surface area contributed by atoms with Gasteiger partial charge in [-0.15, -0.1) is 0 Å². The van der Waals surface area contributed by atoms with Gasteiger partial charge in [0, 0.05) is 20.2 Å². The molecule has 0 aromatic heterocycles. The molecule has 5 nitrogen and oxygen atoms in total. The molecule has 0 fully saturated rings. The summed E-state index contributed by atoms with van der Waals surface area (Å²) >= 11 is 11.3. The number of nitrogens with zero attached hydrogens (tertiary/aromatic N) is 1. The standard InChI is InChI=1S/C13H7BrClIN2O3/c14-7-1-4-12(11(16)5-7)17-13(19)9-6-8(18(20)21)2-3-10(9)15/h1-6H,(H,17,19). The molecular formula is C13H7BrClIN2O3. The number of hydrogen-bond acceptors (Lipinski definition) is 3. The molecular weight excluding hydrogens is 474 g/mol. The number of hydrogen-bond donors (Lipinski definition) is 1. The number of carbonyl (C=O) groups excluding carboxylic acids is 1. The largest absolute Gasteiger partial charge is 0.321 e. The van der Waals surface area contributed by atoms with E-state index in [1.165, 1.54) is 12.1 Å². The quantitative estimate of drug-likeness (QED) is 0.386. The summed E-state index contributed by atoms with van der Waals surface area (Å²) in [5.74, 6) is -0.496. The van der Waals surface area contributed by atoms with Gasteiger partial charge >= 0.3 is 0 Å². The summed E-state index contributed by atoms with van der Waals surface area (Å²) in [6.07, 6.45) is 0. The number of rotatable bonds is 3. The predicted molar refractivity (Wildman–Crippen MR) is 92.9 cm³/mol. The number of benzene rings is 2. The average Bonchev–Trinajstić information content (AvgIpc) is 2.42. The Balaban J connectivity index is 2.32. The second-order valence-corrected chi connectivity index (χ2v) is 6.48. The molecule has 2 rings (SSSR count). The van der Waals surface area contributed by atoms with Crippen LogP contribution in [0.4, 0.5) is 11.4 Å². The molecule has 0 aliphatic rings. The summed E-state index contributed by atoms with van der Waals surface area (Å²) in [5.41, 5.74) is 0.478. The predicted octanol–water partition coefficient (Wildman–Crippen LogP) is 4.87. The highest BCUT2D eigenvalue weighted by molar-refractivity contribution is 14.1. The lowest BCUT2D eigenvalue weighted by molar-refractivity contribution is -0.384. The molecule has 0 spiro atoms. The van der Waals surface area contributed by atoms with E-state index in [1.54, 1.807) is 12.1 Å². The average molecular weight is 481 g/mol. The molecule has 2 aromatic carbocycles. The Hall–Kier alpha value is -1.19. The van der Waals surface area contributed by atoms with E-state index in [2.05, 4.69) is 43.8 Å². The van der Waals surface area contributed by atoms with Crippen LogP contribution in [0.25, 0.3) is 0 Å². The van der Waals surface area contributed by atoms with Gasteiger partial charge in [-0.1, -0.05) is 27.5 Å². The summed E-state index contributed by atoms with van der Waals surface area (Å²) in [4.78, 5) is 22.4. The lowest BCUT2D eigenvalue weighted by Crippen LogP contribution is -2.13. The van der Waals surface area contributed by atoms with Crippen LogP contribution >= 0.6 is 50.1 Å². The van der Waals surface area contributed by atoms with Gasteiger partial charge in [0.05, 0.1) is 21.2 Å². The van der Waals surface area contributed by atoms with Crippen molar-refractivity contribution in [2.45, 2.75) is 0 Å². The molecule has 0 aliphatic heterocycles. The second-order valence-electron chi connectivity index (χ2n) is 4.00. The number of non-ortho nitro benzene ring substituents is 1. The van der Waals surface area contributed by atoms with Crippen molar-refractivity contribution in [2.75, 3.05) is 5.32 Å². The van der Waals surface area contributed by atoms with Crippen molar-refractivity contribution in [2.24, 2.45) is 0 Å². The van der Waals surface area contributed by atoms with Crippen molar-refractivity contribution in [3.63, 3.8) is 0 Å². The van der Waals surface area contributed by atoms with Crippen LogP contribution in [-0.4, -0.2) is 10.8 Å². The smallest absolute Gasteiger partial charge is 0.270 e. The third kappa shape index (κ3) is 3.92. The normalized spacial score (nSPS) is 10.2. The van der Waals surface area contributed by atoms with Crippen molar-refractivity contribution in [3.8, 4) is 0 Å². The molecule has 0 unspecified atom stereocenters. The van der Waals surface area contributed by atoms with Gasteiger partial charge in [-0.05, 0) is 46.9 Å². The third-order valence-electron chi connectivity index (χ3n) is 2.58. The van der Waals surface area contributed by atoms with E-state index >= 15 is 0 Å². The van der Waals surface area contributed by atoms with Crippen LogP contribution in [0.2, 0.25) is 5.02 Å². The van der Waals surface area contributed by atoms with Crippen LogP contribution in [0.15, 0.2) is 40.9 Å². The number of anilines is 1. The van der Waals surface area contributed by atoms with Gasteiger partial charge in [0.2, 0.25) is 0 Å². The number of carbonyl (C=O) groups is 1. The van der Waals surface area contributed by atoms with Gasteiger partial charge in [0.1, 0.15) is 0 Å². The van der Waals surface area contributed by atoms with Crippen LogP contribution in [0.5, 0.6) is 0 Å². The van der Waals surface area contributed by atoms with E-state index < -0.39 is 10.8 Å². The van der Waals surface area contributed by atoms with Crippen molar-refractivity contribution in [1.29, 1.82) is 0 Å². The minimum atomic E-state index is -0.573. The topological polar surface area (TPSA) is 72.2 Å². The Labute approximate surface area is 147 Å². The molecule has 21 heavy (non-hydrogen) atoms. The number of amides is 1. The maximum atomic E-state index is 12.2. The van der Waals surface area contributed by atoms with Gasteiger partial charge < -0.3 is 5.32 Å². The Morgan fingerprint density at radius 3 is 2.62 bits per heavy atom. The highest BCUT2D eigenvalue weighted by atomic mass is 127. The lowest BCUT2D eigenvalue weighted by atomic mass is 10.2. The molecule has 2 aromatic rings. The molecule has 0 radical (unpaired) electrons. The van der Waals surface area contributed by atoms with E-state index in [1.807, 2.05) is 6.07 Å². The van der Waals surface area contributed by atoms with E-state index in [0.29, 0.717) is 5.69 Å². The Morgan fingerprint density at radius 2 is 2.00 bits per heavy atom. The van der Waals surface area contributed by atoms with Gasteiger partial charge in [0.15, 0.2) is 0 Å². The highest BCUT2D eigenvalue weighted by Crippen LogP contribution is 2.26. The monoisotopic (exact) mass is 480 g/mol. The first-order chi connectivity index (χ1) is 9.88. The Morgan fingerprint density at radius 1 is 1.29 bits per heavy atom. The molecule has 0 saturated heterocycles. The number of nitro groups is 1. The summed E-state index contributed by atoms with van der Waals surface area (Å²) in [6.45, 7) is 0. The zero-order valence-electron chi connectivity index (χ0n) is 10.3. The molecule has 0 heterocycles. The van der Waals surface area contributed by atoms with Crippen LogP contribution < -0.4 is 5.32 Å². The molecule has 1 N–H and O–H groups in total. The minimum Gasteiger partial charge on any atom is -0.321 e. The van der Waals surface area contributed by atoms with Crippen LogP contribution in [0, 0.1) is 13.7 Å². The van der Waals surface area contributed by atoms with Gasteiger partial charge in [-0.3, -0.25) is 14.9 Å². The number of halogens is 3. The van der Waals surface area contributed by atoms with E-state index in [-0.39, 0.29) is 16.3 Å². The summed E-state index contributed by atoms with van der Waals surface area (Å²) in [5, 5.41) is 13.6. The fourth-order valence-electron chi connectivity index (χ4n) is 1.58. The van der Waals surface area contributed by atoms with Crippen molar-refractivity contribution >= 4 is 67.4 Å². The van der Waals surface area contributed by atoms with Crippen LogP contribution in [-0.2, 0) is 0 Å². The van der Waals surface area contributed by atoms with Gasteiger partial charge in [-0.25, -0.2) is 0 Å². The lowest BCUT2D eigenvalue weighted by Gasteiger charge is -2.09. The molecule has 0 bridgehead atoms. The fraction of sp³-hybridized carbons (Fsp3) is 0.